The Bertz CT molecular complexity index is 507. The zero-order valence-corrected chi connectivity index (χ0v) is 8.83. The van der Waals surface area contributed by atoms with Gasteiger partial charge < -0.3 is 5.73 Å². The van der Waals surface area contributed by atoms with Crippen LogP contribution in [0.1, 0.15) is 17.2 Å². The summed E-state index contributed by atoms with van der Waals surface area (Å²) in [5.74, 6) is 0.558. The summed E-state index contributed by atoms with van der Waals surface area (Å²) in [6, 6.07) is 3.60. The van der Waals surface area contributed by atoms with Crippen LogP contribution in [-0.4, -0.2) is 19.9 Å². The third-order valence-corrected chi connectivity index (χ3v) is 2.05. The highest BCUT2D eigenvalue weighted by atomic mass is 14.9. The van der Waals surface area contributed by atoms with Crippen molar-refractivity contribution in [2.24, 2.45) is 5.73 Å². The third-order valence-electron chi connectivity index (χ3n) is 2.05. The van der Waals surface area contributed by atoms with Crippen LogP contribution in [0.25, 0.3) is 5.57 Å². The van der Waals surface area contributed by atoms with E-state index >= 15 is 0 Å². The Morgan fingerprint density at radius 3 is 2.56 bits per heavy atom. The van der Waals surface area contributed by atoms with E-state index in [-0.39, 0.29) is 0 Å². The van der Waals surface area contributed by atoms with Gasteiger partial charge in [-0.25, -0.2) is 19.9 Å². The molecule has 0 fully saturated rings. The van der Waals surface area contributed by atoms with Gasteiger partial charge in [0.05, 0.1) is 11.3 Å². The lowest BCUT2D eigenvalue weighted by atomic mass is 10.1. The van der Waals surface area contributed by atoms with Crippen molar-refractivity contribution in [2.45, 2.75) is 6.92 Å². The van der Waals surface area contributed by atoms with Crippen LogP contribution in [-0.2, 0) is 0 Å². The molecule has 0 aliphatic heterocycles. The van der Waals surface area contributed by atoms with E-state index in [1.165, 1.54) is 12.5 Å². The molecule has 2 rings (SSSR count). The van der Waals surface area contributed by atoms with Crippen molar-refractivity contribution in [2.75, 3.05) is 0 Å². The van der Waals surface area contributed by atoms with Crippen molar-refractivity contribution < 1.29 is 0 Å². The van der Waals surface area contributed by atoms with E-state index in [1.807, 2.05) is 13.0 Å². The highest BCUT2D eigenvalue weighted by molar-refractivity contribution is 5.73. The van der Waals surface area contributed by atoms with Gasteiger partial charge in [0.15, 0.2) is 5.82 Å². The smallest absolute Gasteiger partial charge is 0.162 e. The quantitative estimate of drug-likeness (QED) is 0.802. The highest BCUT2D eigenvalue weighted by Crippen LogP contribution is 2.16. The van der Waals surface area contributed by atoms with Gasteiger partial charge in [-0.15, -0.1) is 0 Å². The van der Waals surface area contributed by atoms with Crippen LogP contribution in [0.3, 0.4) is 0 Å². The minimum atomic E-state index is 0.558. The summed E-state index contributed by atoms with van der Waals surface area (Å²) >= 11 is 0. The summed E-state index contributed by atoms with van der Waals surface area (Å²) in [6.45, 7) is 1.89. The van der Waals surface area contributed by atoms with Gasteiger partial charge in [-0.1, -0.05) is 0 Å². The van der Waals surface area contributed by atoms with Crippen LogP contribution >= 0.6 is 0 Å². The van der Waals surface area contributed by atoms with Gasteiger partial charge in [0, 0.05) is 24.3 Å². The van der Waals surface area contributed by atoms with Crippen LogP contribution in [0.4, 0.5) is 0 Å². The summed E-state index contributed by atoms with van der Waals surface area (Å²) < 4.78 is 0. The van der Waals surface area contributed by atoms with E-state index in [2.05, 4.69) is 19.9 Å². The lowest BCUT2D eigenvalue weighted by Crippen LogP contribution is -2.00. The molecule has 0 aliphatic carbocycles. The summed E-state index contributed by atoms with van der Waals surface area (Å²) in [7, 11) is 0. The van der Waals surface area contributed by atoms with Crippen molar-refractivity contribution in [1.82, 2.24) is 19.9 Å². The van der Waals surface area contributed by atoms with Crippen molar-refractivity contribution in [1.29, 1.82) is 0 Å². The SMILES string of the molecule is Cc1cc(C(=CN)c2ncccn2)ncn1. The predicted molar refractivity (Wildman–Crippen MR) is 60.1 cm³/mol. The largest absolute Gasteiger partial charge is 0.404 e. The van der Waals surface area contributed by atoms with E-state index < -0.39 is 0 Å². The number of hydrogen-bond acceptors (Lipinski definition) is 5. The molecule has 0 saturated heterocycles. The molecular formula is C11H11N5. The number of aromatic nitrogens is 4. The molecule has 16 heavy (non-hydrogen) atoms. The molecule has 2 N–H and O–H groups in total. The molecule has 0 aliphatic rings. The Labute approximate surface area is 93.1 Å². The van der Waals surface area contributed by atoms with Crippen molar-refractivity contribution in [3.05, 3.63) is 54.3 Å². The fourth-order valence-corrected chi connectivity index (χ4v) is 1.31. The average molecular weight is 213 g/mol. The zero-order chi connectivity index (χ0) is 11.4. The first-order chi connectivity index (χ1) is 7.81. The minimum absolute atomic E-state index is 0.558. The van der Waals surface area contributed by atoms with Crippen molar-refractivity contribution >= 4 is 5.57 Å². The van der Waals surface area contributed by atoms with Gasteiger partial charge >= 0.3 is 0 Å². The number of rotatable bonds is 2. The lowest BCUT2D eigenvalue weighted by Gasteiger charge is -2.04. The van der Waals surface area contributed by atoms with Gasteiger partial charge in [-0.05, 0) is 19.1 Å². The van der Waals surface area contributed by atoms with Crippen molar-refractivity contribution in [3.63, 3.8) is 0 Å². The molecule has 80 valence electrons. The molecule has 0 radical (unpaired) electrons. The number of hydrogen-bond donors (Lipinski definition) is 1. The molecule has 0 saturated carbocycles. The molecule has 0 unspecified atom stereocenters. The topological polar surface area (TPSA) is 77.6 Å². The van der Waals surface area contributed by atoms with Crippen LogP contribution in [0, 0.1) is 6.92 Å². The van der Waals surface area contributed by atoms with Crippen molar-refractivity contribution in [3.8, 4) is 0 Å². The van der Waals surface area contributed by atoms with Gasteiger partial charge in [0.25, 0.3) is 0 Å². The maximum atomic E-state index is 5.58. The minimum Gasteiger partial charge on any atom is -0.404 e. The number of aryl methyl sites for hydroxylation is 1. The molecule has 5 nitrogen and oxygen atoms in total. The van der Waals surface area contributed by atoms with E-state index in [0.29, 0.717) is 11.4 Å². The Kier molecular flexibility index (Phi) is 2.86. The number of nitrogens with zero attached hydrogens (tertiary/aromatic N) is 4. The molecular weight excluding hydrogens is 202 g/mol. The summed E-state index contributed by atoms with van der Waals surface area (Å²) in [4.78, 5) is 16.5. The monoisotopic (exact) mass is 213 g/mol. The van der Waals surface area contributed by atoms with Crippen LogP contribution in [0.15, 0.2) is 37.1 Å². The predicted octanol–water partition coefficient (Wildman–Crippen LogP) is 0.923. The van der Waals surface area contributed by atoms with Crippen LogP contribution in [0.2, 0.25) is 0 Å². The second-order valence-corrected chi connectivity index (χ2v) is 3.20. The fourth-order valence-electron chi connectivity index (χ4n) is 1.31. The Hall–Kier alpha value is -2.30. The van der Waals surface area contributed by atoms with E-state index in [0.717, 1.165) is 11.4 Å². The molecule has 0 aromatic carbocycles. The molecule has 0 atom stereocenters. The maximum absolute atomic E-state index is 5.58. The molecule has 0 bridgehead atoms. The molecule has 2 aromatic rings. The number of nitrogens with two attached hydrogens (primary N) is 1. The van der Waals surface area contributed by atoms with Gasteiger partial charge in [-0.3, -0.25) is 0 Å². The lowest BCUT2D eigenvalue weighted by molar-refractivity contribution is 1.06. The summed E-state index contributed by atoms with van der Waals surface area (Å²) in [6.07, 6.45) is 6.29. The van der Waals surface area contributed by atoms with E-state index in [1.54, 1.807) is 18.5 Å². The molecule has 2 aromatic heterocycles. The molecule has 0 amide bonds. The summed E-state index contributed by atoms with van der Waals surface area (Å²) in [5, 5.41) is 0. The standard InChI is InChI=1S/C11H11N5/c1-8-5-10(16-7-15-8)9(6-12)11-13-3-2-4-14-11/h2-7H,12H2,1H3. The van der Waals surface area contributed by atoms with Gasteiger partial charge in [-0.2, -0.15) is 0 Å². The molecule has 2 heterocycles. The van der Waals surface area contributed by atoms with Gasteiger partial charge in [0.2, 0.25) is 0 Å². The second-order valence-electron chi connectivity index (χ2n) is 3.20. The fraction of sp³-hybridized carbons (Fsp3) is 0.0909. The average Bonchev–Trinajstić information content (AvgIpc) is 2.31. The highest BCUT2D eigenvalue weighted by Gasteiger charge is 2.08. The van der Waals surface area contributed by atoms with E-state index in [9.17, 15) is 0 Å². The first-order valence-corrected chi connectivity index (χ1v) is 4.79. The van der Waals surface area contributed by atoms with Crippen LogP contribution < -0.4 is 5.73 Å². The second kappa shape index (κ2) is 4.48. The Morgan fingerprint density at radius 2 is 1.94 bits per heavy atom. The normalized spacial score (nSPS) is 11.4. The maximum Gasteiger partial charge on any atom is 0.162 e. The molecule has 0 spiro atoms. The first kappa shape index (κ1) is 10.2. The Balaban J connectivity index is 2.46. The molecule has 5 heteroatoms. The third kappa shape index (κ3) is 2.03. The van der Waals surface area contributed by atoms with Gasteiger partial charge in [0.1, 0.15) is 6.33 Å². The first-order valence-electron chi connectivity index (χ1n) is 4.79. The Morgan fingerprint density at radius 1 is 1.19 bits per heavy atom. The zero-order valence-electron chi connectivity index (χ0n) is 8.83. The van der Waals surface area contributed by atoms with E-state index in [4.69, 9.17) is 5.73 Å². The summed E-state index contributed by atoms with van der Waals surface area (Å²) in [5.41, 5.74) is 7.88. The van der Waals surface area contributed by atoms with Crippen LogP contribution in [0.5, 0.6) is 0 Å².